The van der Waals surface area contributed by atoms with E-state index in [-0.39, 0.29) is 18.0 Å². The summed E-state index contributed by atoms with van der Waals surface area (Å²) in [5, 5.41) is 3.24. The summed E-state index contributed by atoms with van der Waals surface area (Å²) in [6.45, 7) is 4.22. The standard InChI is InChI=1S/C23H21N5O3S/c1-15-11-25-18(12-24-15)13-26-22(30)21-16(2)27-23(32-21)28-9-8-19(10-20(28)29)31-14-17-6-4-3-5-7-17/h3-12H,13-14H2,1-2H3,(H,26,30). The number of nitrogens with one attached hydrogen (secondary N) is 1. The lowest BCUT2D eigenvalue weighted by Gasteiger charge is -2.07. The highest BCUT2D eigenvalue weighted by atomic mass is 32.1. The van der Waals surface area contributed by atoms with Crippen molar-refractivity contribution < 1.29 is 9.53 Å². The molecule has 9 heteroatoms. The monoisotopic (exact) mass is 447 g/mol. The second-order valence-electron chi connectivity index (χ2n) is 7.09. The minimum Gasteiger partial charge on any atom is -0.489 e. The van der Waals surface area contributed by atoms with Gasteiger partial charge in [0.2, 0.25) is 0 Å². The smallest absolute Gasteiger partial charge is 0.263 e. The van der Waals surface area contributed by atoms with Crippen molar-refractivity contribution in [3.63, 3.8) is 0 Å². The maximum Gasteiger partial charge on any atom is 0.263 e. The maximum atomic E-state index is 12.6. The van der Waals surface area contributed by atoms with Crippen molar-refractivity contribution in [2.75, 3.05) is 0 Å². The molecule has 0 saturated carbocycles. The number of carbonyl (C=O) groups excluding carboxylic acids is 1. The second-order valence-corrected chi connectivity index (χ2v) is 8.07. The Bertz CT molecular complexity index is 1280. The lowest BCUT2D eigenvalue weighted by atomic mass is 10.2. The van der Waals surface area contributed by atoms with Crippen LogP contribution in [0.1, 0.15) is 32.3 Å². The summed E-state index contributed by atoms with van der Waals surface area (Å²) >= 11 is 1.15. The Labute approximate surface area is 188 Å². The summed E-state index contributed by atoms with van der Waals surface area (Å²) in [5.74, 6) is 0.199. The van der Waals surface area contributed by atoms with Gasteiger partial charge in [0.1, 0.15) is 17.2 Å². The van der Waals surface area contributed by atoms with Crippen LogP contribution < -0.4 is 15.6 Å². The number of aromatic nitrogens is 4. The summed E-state index contributed by atoms with van der Waals surface area (Å²) in [6.07, 6.45) is 4.88. The van der Waals surface area contributed by atoms with Gasteiger partial charge in [0.25, 0.3) is 11.5 Å². The molecule has 8 nitrogen and oxygen atoms in total. The Morgan fingerprint density at radius 1 is 1.12 bits per heavy atom. The van der Waals surface area contributed by atoms with Gasteiger partial charge >= 0.3 is 0 Å². The van der Waals surface area contributed by atoms with Crippen molar-refractivity contribution in [1.82, 2.24) is 24.8 Å². The number of hydrogen-bond acceptors (Lipinski definition) is 7. The van der Waals surface area contributed by atoms with Crippen LogP contribution in [0.2, 0.25) is 0 Å². The molecule has 0 radical (unpaired) electrons. The lowest BCUT2D eigenvalue weighted by molar-refractivity contribution is 0.0953. The topological polar surface area (TPSA) is 99.0 Å². The zero-order valence-electron chi connectivity index (χ0n) is 17.6. The van der Waals surface area contributed by atoms with E-state index in [1.54, 1.807) is 31.6 Å². The number of benzene rings is 1. The fourth-order valence-corrected chi connectivity index (χ4v) is 3.88. The van der Waals surface area contributed by atoms with Crippen LogP contribution in [0.3, 0.4) is 0 Å². The molecule has 1 aromatic carbocycles. The highest BCUT2D eigenvalue weighted by molar-refractivity contribution is 7.16. The predicted molar refractivity (Wildman–Crippen MR) is 121 cm³/mol. The van der Waals surface area contributed by atoms with E-state index in [9.17, 15) is 9.59 Å². The first kappa shape index (κ1) is 21.4. The number of carbonyl (C=O) groups is 1. The zero-order chi connectivity index (χ0) is 22.5. The van der Waals surface area contributed by atoms with E-state index in [1.807, 2.05) is 37.3 Å². The molecule has 0 aliphatic heterocycles. The summed E-state index contributed by atoms with van der Waals surface area (Å²) in [5.41, 5.74) is 2.75. The van der Waals surface area contributed by atoms with Gasteiger partial charge in [-0.2, -0.15) is 0 Å². The predicted octanol–water partition coefficient (Wildman–Crippen LogP) is 3.21. The van der Waals surface area contributed by atoms with E-state index in [2.05, 4.69) is 20.3 Å². The number of rotatable bonds is 7. The molecule has 32 heavy (non-hydrogen) atoms. The van der Waals surface area contributed by atoms with E-state index >= 15 is 0 Å². The third kappa shape index (κ3) is 5.06. The van der Waals surface area contributed by atoms with Crippen LogP contribution in [0.25, 0.3) is 5.13 Å². The summed E-state index contributed by atoms with van der Waals surface area (Å²) < 4.78 is 7.10. The van der Waals surface area contributed by atoms with E-state index in [0.717, 1.165) is 22.6 Å². The first-order chi connectivity index (χ1) is 15.5. The molecule has 4 aromatic rings. The lowest BCUT2D eigenvalue weighted by Crippen LogP contribution is -2.23. The molecule has 3 heterocycles. The molecule has 0 saturated heterocycles. The molecular formula is C23H21N5O3S. The molecule has 0 fully saturated rings. The van der Waals surface area contributed by atoms with Crippen molar-refractivity contribution in [3.05, 3.63) is 98.9 Å². The van der Waals surface area contributed by atoms with Crippen molar-refractivity contribution in [3.8, 4) is 10.9 Å². The van der Waals surface area contributed by atoms with Crippen LogP contribution in [0.4, 0.5) is 0 Å². The number of hydrogen-bond donors (Lipinski definition) is 1. The molecule has 0 atom stereocenters. The zero-order valence-corrected chi connectivity index (χ0v) is 18.4. The molecule has 0 spiro atoms. The number of amides is 1. The first-order valence-electron chi connectivity index (χ1n) is 9.92. The second kappa shape index (κ2) is 9.52. The molecule has 1 N–H and O–H groups in total. The van der Waals surface area contributed by atoms with Crippen LogP contribution in [0.15, 0.2) is 65.8 Å². The fourth-order valence-electron chi connectivity index (χ4n) is 2.91. The number of nitrogens with zero attached hydrogens (tertiary/aromatic N) is 4. The molecule has 4 rings (SSSR count). The van der Waals surface area contributed by atoms with Gasteiger partial charge < -0.3 is 10.1 Å². The minimum atomic E-state index is -0.286. The fraction of sp³-hybridized carbons (Fsp3) is 0.174. The van der Waals surface area contributed by atoms with Gasteiger partial charge in [-0.3, -0.25) is 24.1 Å². The van der Waals surface area contributed by atoms with Crippen molar-refractivity contribution in [1.29, 1.82) is 0 Å². The van der Waals surface area contributed by atoms with E-state index in [4.69, 9.17) is 4.74 Å². The summed E-state index contributed by atoms with van der Waals surface area (Å²) in [7, 11) is 0. The Morgan fingerprint density at radius 2 is 1.94 bits per heavy atom. The van der Waals surface area contributed by atoms with Gasteiger partial charge in [-0.1, -0.05) is 41.7 Å². The Morgan fingerprint density at radius 3 is 2.66 bits per heavy atom. The van der Waals surface area contributed by atoms with Gasteiger partial charge in [-0.25, -0.2) is 4.98 Å². The summed E-state index contributed by atoms with van der Waals surface area (Å²) in [6, 6.07) is 12.8. The van der Waals surface area contributed by atoms with Gasteiger partial charge in [0, 0.05) is 18.5 Å². The first-order valence-corrected chi connectivity index (χ1v) is 10.7. The normalized spacial score (nSPS) is 10.7. The SMILES string of the molecule is Cc1cnc(CNC(=O)c2sc(-n3ccc(OCc4ccccc4)cc3=O)nc2C)cn1. The van der Waals surface area contributed by atoms with Crippen LogP contribution in [-0.2, 0) is 13.2 Å². The Hall–Kier alpha value is -3.85. The Kier molecular flexibility index (Phi) is 6.37. The molecule has 0 bridgehead atoms. The highest BCUT2D eigenvalue weighted by Crippen LogP contribution is 2.21. The number of aryl methyl sites for hydroxylation is 2. The quantitative estimate of drug-likeness (QED) is 0.467. The Balaban J connectivity index is 1.44. The molecule has 162 valence electrons. The van der Waals surface area contributed by atoms with Crippen LogP contribution in [-0.4, -0.2) is 25.4 Å². The van der Waals surface area contributed by atoms with E-state index < -0.39 is 0 Å². The van der Waals surface area contributed by atoms with Crippen LogP contribution in [0.5, 0.6) is 5.75 Å². The maximum absolute atomic E-state index is 12.6. The third-order valence-electron chi connectivity index (χ3n) is 4.60. The molecular weight excluding hydrogens is 426 g/mol. The van der Waals surface area contributed by atoms with Gasteiger partial charge in [0.05, 0.1) is 29.8 Å². The number of thiazole rings is 1. The summed E-state index contributed by atoms with van der Waals surface area (Å²) in [4.78, 5) is 38.5. The molecule has 0 unspecified atom stereocenters. The number of ether oxygens (including phenoxy) is 1. The molecule has 3 aromatic heterocycles. The highest BCUT2D eigenvalue weighted by Gasteiger charge is 2.17. The largest absolute Gasteiger partial charge is 0.489 e. The molecule has 0 aliphatic carbocycles. The third-order valence-corrected chi connectivity index (χ3v) is 5.76. The van der Waals surface area contributed by atoms with Crippen molar-refractivity contribution >= 4 is 17.2 Å². The van der Waals surface area contributed by atoms with Gasteiger partial charge in [-0.05, 0) is 25.5 Å². The van der Waals surface area contributed by atoms with Crippen molar-refractivity contribution in [2.24, 2.45) is 0 Å². The van der Waals surface area contributed by atoms with E-state index in [0.29, 0.717) is 33.8 Å². The van der Waals surface area contributed by atoms with Gasteiger partial charge in [0.15, 0.2) is 5.13 Å². The average Bonchev–Trinajstić information content (AvgIpc) is 3.19. The van der Waals surface area contributed by atoms with Gasteiger partial charge in [-0.15, -0.1) is 0 Å². The van der Waals surface area contributed by atoms with Crippen LogP contribution >= 0.6 is 11.3 Å². The molecule has 0 aliphatic rings. The number of pyridine rings is 1. The average molecular weight is 448 g/mol. The van der Waals surface area contributed by atoms with E-state index in [1.165, 1.54) is 10.6 Å². The van der Waals surface area contributed by atoms with Crippen molar-refractivity contribution in [2.45, 2.75) is 27.0 Å². The van der Waals surface area contributed by atoms with Crippen LogP contribution in [0, 0.1) is 13.8 Å². The minimum absolute atomic E-state index is 0.256. The molecule has 1 amide bonds.